The SMILES string of the molecule is CCc1c(C(=O)c2[nH]c(C=O)c(C)c2CC)[nH]c(C=O)c1C. The molecule has 5 nitrogen and oxygen atoms in total. The van der Waals surface area contributed by atoms with E-state index in [0.29, 0.717) is 35.6 Å². The normalized spacial score (nSPS) is 10.7. The summed E-state index contributed by atoms with van der Waals surface area (Å²) in [6, 6.07) is 0. The number of nitrogens with one attached hydrogen (secondary N) is 2. The Morgan fingerprint density at radius 3 is 1.50 bits per heavy atom. The van der Waals surface area contributed by atoms with Gasteiger partial charge in [0.25, 0.3) is 0 Å². The zero-order valence-corrected chi connectivity index (χ0v) is 13.3. The summed E-state index contributed by atoms with van der Waals surface area (Å²) in [7, 11) is 0. The molecule has 0 aliphatic rings. The second-order valence-corrected chi connectivity index (χ2v) is 5.31. The first-order valence-corrected chi connectivity index (χ1v) is 7.37. The van der Waals surface area contributed by atoms with Crippen molar-refractivity contribution in [1.29, 1.82) is 0 Å². The van der Waals surface area contributed by atoms with Gasteiger partial charge >= 0.3 is 0 Å². The van der Waals surface area contributed by atoms with E-state index in [-0.39, 0.29) is 5.78 Å². The molecule has 116 valence electrons. The third-order valence-corrected chi connectivity index (χ3v) is 4.23. The van der Waals surface area contributed by atoms with Crippen LogP contribution in [-0.4, -0.2) is 28.3 Å². The molecule has 2 rings (SSSR count). The number of aromatic nitrogens is 2. The van der Waals surface area contributed by atoms with Crippen LogP contribution in [0.3, 0.4) is 0 Å². The molecule has 22 heavy (non-hydrogen) atoms. The van der Waals surface area contributed by atoms with Crippen molar-refractivity contribution >= 4 is 18.4 Å². The fraction of sp³-hybridized carbons (Fsp3) is 0.353. The molecule has 2 heterocycles. The van der Waals surface area contributed by atoms with Crippen molar-refractivity contribution in [2.45, 2.75) is 40.5 Å². The topological polar surface area (TPSA) is 82.8 Å². The summed E-state index contributed by atoms with van der Waals surface area (Å²) in [5, 5.41) is 0. The summed E-state index contributed by atoms with van der Waals surface area (Å²) in [6.45, 7) is 7.54. The van der Waals surface area contributed by atoms with Gasteiger partial charge in [-0.05, 0) is 48.9 Å². The molecule has 0 aliphatic heterocycles. The molecule has 2 aromatic rings. The van der Waals surface area contributed by atoms with Gasteiger partial charge in [-0.1, -0.05) is 13.8 Å². The Morgan fingerprint density at radius 1 is 0.864 bits per heavy atom. The van der Waals surface area contributed by atoms with Gasteiger partial charge in [0.05, 0.1) is 22.8 Å². The summed E-state index contributed by atoms with van der Waals surface area (Å²) < 4.78 is 0. The summed E-state index contributed by atoms with van der Waals surface area (Å²) in [6.07, 6.45) is 2.75. The Kier molecular flexibility index (Phi) is 4.45. The van der Waals surface area contributed by atoms with Crippen molar-refractivity contribution in [2.24, 2.45) is 0 Å². The highest BCUT2D eigenvalue weighted by molar-refractivity contribution is 6.10. The lowest BCUT2D eigenvalue weighted by Crippen LogP contribution is -2.08. The van der Waals surface area contributed by atoms with Crippen molar-refractivity contribution in [1.82, 2.24) is 9.97 Å². The van der Waals surface area contributed by atoms with E-state index < -0.39 is 0 Å². The number of carbonyl (C=O) groups is 3. The molecule has 0 saturated carbocycles. The molecule has 2 N–H and O–H groups in total. The van der Waals surface area contributed by atoms with Crippen LogP contribution in [0, 0.1) is 13.8 Å². The molecule has 2 aromatic heterocycles. The van der Waals surface area contributed by atoms with Gasteiger partial charge in [-0.3, -0.25) is 14.4 Å². The first-order valence-electron chi connectivity index (χ1n) is 7.37. The Balaban J connectivity index is 2.62. The summed E-state index contributed by atoms with van der Waals surface area (Å²) in [5.74, 6) is -0.207. The lowest BCUT2D eigenvalue weighted by atomic mass is 10.0. The van der Waals surface area contributed by atoms with E-state index in [1.54, 1.807) is 0 Å². The average molecular weight is 300 g/mol. The minimum absolute atomic E-state index is 0.207. The fourth-order valence-electron chi connectivity index (χ4n) is 2.94. The average Bonchev–Trinajstić information content (AvgIpc) is 3.02. The summed E-state index contributed by atoms with van der Waals surface area (Å²) in [4.78, 5) is 40.9. The molecule has 0 bridgehead atoms. The van der Waals surface area contributed by atoms with E-state index in [2.05, 4.69) is 9.97 Å². The number of carbonyl (C=O) groups excluding carboxylic acids is 3. The first kappa shape index (κ1) is 15.9. The van der Waals surface area contributed by atoms with E-state index >= 15 is 0 Å². The van der Waals surface area contributed by atoms with E-state index in [1.807, 2.05) is 27.7 Å². The van der Waals surface area contributed by atoms with E-state index in [0.717, 1.165) is 34.8 Å². The minimum Gasteiger partial charge on any atom is -0.349 e. The lowest BCUT2D eigenvalue weighted by Gasteiger charge is -2.04. The van der Waals surface area contributed by atoms with Gasteiger partial charge in [-0.25, -0.2) is 0 Å². The molecule has 0 atom stereocenters. The standard InChI is InChI=1S/C17H20N2O3/c1-5-11-9(3)13(7-20)18-15(11)17(22)16-12(6-2)10(4)14(8-21)19-16/h7-8,18-19H,5-6H2,1-4H3. The molecule has 0 fully saturated rings. The number of hydrogen-bond donors (Lipinski definition) is 2. The van der Waals surface area contributed by atoms with Gasteiger partial charge < -0.3 is 9.97 Å². The zero-order chi connectivity index (χ0) is 16.4. The van der Waals surface area contributed by atoms with Crippen LogP contribution in [-0.2, 0) is 12.8 Å². The van der Waals surface area contributed by atoms with Crippen molar-refractivity contribution in [3.05, 3.63) is 45.0 Å². The van der Waals surface area contributed by atoms with Crippen molar-refractivity contribution in [3.63, 3.8) is 0 Å². The van der Waals surface area contributed by atoms with Gasteiger partial charge in [0, 0.05) is 0 Å². The van der Waals surface area contributed by atoms with Gasteiger partial charge in [-0.15, -0.1) is 0 Å². The van der Waals surface area contributed by atoms with Crippen LogP contribution in [0.15, 0.2) is 0 Å². The molecule has 0 unspecified atom stereocenters. The Hall–Kier alpha value is -2.43. The smallest absolute Gasteiger partial charge is 0.225 e. The first-order chi connectivity index (χ1) is 10.5. The highest BCUT2D eigenvalue weighted by atomic mass is 16.1. The molecule has 5 heteroatoms. The predicted octanol–water partition coefficient (Wildman–Crippen LogP) is 2.94. The number of rotatable bonds is 6. The zero-order valence-electron chi connectivity index (χ0n) is 13.3. The Morgan fingerprint density at radius 2 is 1.23 bits per heavy atom. The molecule has 0 amide bonds. The van der Waals surface area contributed by atoms with Crippen LogP contribution >= 0.6 is 0 Å². The Labute approximate surface area is 129 Å². The van der Waals surface area contributed by atoms with Crippen molar-refractivity contribution in [2.75, 3.05) is 0 Å². The molecule has 0 aromatic carbocycles. The van der Waals surface area contributed by atoms with Crippen LogP contribution in [0.5, 0.6) is 0 Å². The van der Waals surface area contributed by atoms with Gasteiger partial charge in [0.1, 0.15) is 0 Å². The van der Waals surface area contributed by atoms with Crippen LogP contribution in [0.1, 0.15) is 73.3 Å². The van der Waals surface area contributed by atoms with Gasteiger partial charge in [0.2, 0.25) is 5.78 Å². The maximum atomic E-state index is 12.9. The predicted molar refractivity (Wildman–Crippen MR) is 84.0 cm³/mol. The quantitative estimate of drug-likeness (QED) is 0.635. The highest BCUT2D eigenvalue weighted by Crippen LogP contribution is 2.25. The van der Waals surface area contributed by atoms with E-state index in [1.165, 1.54) is 0 Å². The number of aromatic amines is 2. The number of hydrogen-bond acceptors (Lipinski definition) is 3. The number of H-pyrrole nitrogens is 2. The van der Waals surface area contributed by atoms with E-state index in [4.69, 9.17) is 0 Å². The molecular weight excluding hydrogens is 280 g/mol. The number of ketones is 1. The molecular formula is C17H20N2O3. The largest absolute Gasteiger partial charge is 0.349 e. The highest BCUT2D eigenvalue weighted by Gasteiger charge is 2.24. The van der Waals surface area contributed by atoms with Gasteiger partial charge in [0.15, 0.2) is 12.6 Å². The maximum absolute atomic E-state index is 12.9. The Bertz CT molecular complexity index is 688. The molecule has 0 spiro atoms. The van der Waals surface area contributed by atoms with Crippen molar-refractivity contribution in [3.8, 4) is 0 Å². The van der Waals surface area contributed by atoms with Crippen LogP contribution < -0.4 is 0 Å². The summed E-state index contributed by atoms with van der Waals surface area (Å²) in [5.41, 5.74) is 5.00. The van der Waals surface area contributed by atoms with Crippen LogP contribution in [0.2, 0.25) is 0 Å². The number of aldehydes is 2. The second kappa shape index (κ2) is 6.13. The van der Waals surface area contributed by atoms with Crippen LogP contribution in [0.4, 0.5) is 0 Å². The third kappa shape index (κ3) is 2.32. The molecule has 0 aliphatic carbocycles. The lowest BCUT2D eigenvalue weighted by molar-refractivity contribution is 0.102. The second-order valence-electron chi connectivity index (χ2n) is 5.31. The van der Waals surface area contributed by atoms with Crippen molar-refractivity contribution < 1.29 is 14.4 Å². The fourth-order valence-corrected chi connectivity index (χ4v) is 2.94. The minimum atomic E-state index is -0.207. The maximum Gasteiger partial charge on any atom is 0.225 e. The summed E-state index contributed by atoms with van der Waals surface area (Å²) >= 11 is 0. The monoisotopic (exact) mass is 300 g/mol. The van der Waals surface area contributed by atoms with Gasteiger partial charge in [-0.2, -0.15) is 0 Å². The molecule has 0 saturated heterocycles. The van der Waals surface area contributed by atoms with Crippen LogP contribution in [0.25, 0.3) is 0 Å². The third-order valence-electron chi connectivity index (χ3n) is 4.23. The molecule has 0 radical (unpaired) electrons. The van der Waals surface area contributed by atoms with E-state index in [9.17, 15) is 14.4 Å².